The summed E-state index contributed by atoms with van der Waals surface area (Å²) >= 11 is 0. The highest BCUT2D eigenvalue weighted by atomic mass is 16.3. The van der Waals surface area contributed by atoms with Crippen molar-refractivity contribution in [3.63, 3.8) is 0 Å². The number of amides is 1. The van der Waals surface area contributed by atoms with Gasteiger partial charge in [0.25, 0.3) is 0 Å². The summed E-state index contributed by atoms with van der Waals surface area (Å²) in [7, 11) is 0. The van der Waals surface area contributed by atoms with Gasteiger partial charge in [-0.15, -0.1) is 0 Å². The molecule has 0 aliphatic heterocycles. The van der Waals surface area contributed by atoms with Crippen LogP contribution in [0.3, 0.4) is 0 Å². The molecule has 0 heterocycles. The average molecular weight is 261 g/mol. The number of nitrogens with one attached hydrogen (secondary N) is 1. The number of benzene rings is 1. The van der Waals surface area contributed by atoms with Crippen LogP contribution < -0.4 is 5.32 Å². The number of aliphatic hydroxyl groups is 1. The third-order valence-electron chi connectivity index (χ3n) is 4.15. The molecule has 3 heteroatoms. The van der Waals surface area contributed by atoms with E-state index in [0.29, 0.717) is 18.8 Å². The van der Waals surface area contributed by atoms with Gasteiger partial charge in [-0.2, -0.15) is 0 Å². The Bertz CT molecular complexity index is 440. The van der Waals surface area contributed by atoms with Crippen LogP contribution in [-0.4, -0.2) is 17.1 Å². The molecule has 1 aromatic rings. The number of rotatable bonds is 5. The molecule has 3 nitrogen and oxygen atoms in total. The number of carbonyl (C=O) groups is 1. The van der Waals surface area contributed by atoms with Gasteiger partial charge in [-0.05, 0) is 17.0 Å². The fourth-order valence-corrected chi connectivity index (χ4v) is 2.82. The quantitative estimate of drug-likeness (QED) is 0.856. The van der Waals surface area contributed by atoms with Crippen LogP contribution in [0, 0.1) is 5.92 Å². The van der Waals surface area contributed by atoms with Crippen molar-refractivity contribution in [1.82, 2.24) is 5.32 Å². The molecule has 0 saturated heterocycles. The van der Waals surface area contributed by atoms with Crippen molar-refractivity contribution < 1.29 is 9.90 Å². The van der Waals surface area contributed by atoms with Crippen LogP contribution in [0.15, 0.2) is 24.3 Å². The SMILES string of the molecule is CCC(CC)CC(=O)NC1c2ccccc2CC1O. The minimum absolute atomic E-state index is 0.0504. The smallest absolute Gasteiger partial charge is 0.220 e. The summed E-state index contributed by atoms with van der Waals surface area (Å²) in [4.78, 5) is 12.1. The second-order valence-electron chi connectivity index (χ2n) is 5.40. The number of aliphatic hydroxyl groups excluding tert-OH is 1. The van der Waals surface area contributed by atoms with E-state index in [-0.39, 0.29) is 11.9 Å². The van der Waals surface area contributed by atoms with E-state index in [1.54, 1.807) is 0 Å². The largest absolute Gasteiger partial charge is 0.390 e. The lowest BCUT2D eigenvalue weighted by atomic mass is 9.98. The van der Waals surface area contributed by atoms with Gasteiger partial charge in [0.05, 0.1) is 12.1 Å². The first-order valence-corrected chi connectivity index (χ1v) is 7.20. The van der Waals surface area contributed by atoms with E-state index < -0.39 is 6.10 Å². The molecule has 1 aliphatic carbocycles. The van der Waals surface area contributed by atoms with E-state index in [1.807, 2.05) is 24.3 Å². The number of hydrogen-bond acceptors (Lipinski definition) is 2. The van der Waals surface area contributed by atoms with Crippen molar-refractivity contribution in [2.24, 2.45) is 5.92 Å². The van der Waals surface area contributed by atoms with Crippen LogP contribution in [0.5, 0.6) is 0 Å². The second kappa shape index (κ2) is 6.20. The fraction of sp³-hybridized carbons (Fsp3) is 0.562. The van der Waals surface area contributed by atoms with Crippen LogP contribution in [0.2, 0.25) is 0 Å². The Kier molecular flexibility index (Phi) is 4.59. The van der Waals surface area contributed by atoms with Gasteiger partial charge >= 0.3 is 0 Å². The molecule has 0 spiro atoms. The molecule has 1 aromatic carbocycles. The summed E-state index contributed by atoms with van der Waals surface area (Å²) in [6.07, 6.45) is 2.73. The Labute approximate surface area is 115 Å². The van der Waals surface area contributed by atoms with Crippen molar-refractivity contribution in [3.8, 4) is 0 Å². The van der Waals surface area contributed by atoms with Gasteiger partial charge in [-0.3, -0.25) is 4.79 Å². The topological polar surface area (TPSA) is 49.3 Å². The molecule has 104 valence electrons. The third kappa shape index (κ3) is 3.16. The Balaban J connectivity index is 2.01. The van der Waals surface area contributed by atoms with E-state index in [1.165, 1.54) is 0 Å². The van der Waals surface area contributed by atoms with Crippen LogP contribution in [0.4, 0.5) is 0 Å². The Morgan fingerprint density at radius 2 is 2.05 bits per heavy atom. The van der Waals surface area contributed by atoms with Gasteiger partial charge in [-0.1, -0.05) is 51.0 Å². The summed E-state index contributed by atoms with van der Waals surface area (Å²) in [6.45, 7) is 4.22. The molecular formula is C16H23NO2. The highest BCUT2D eigenvalue weighted by Gasteiger charge is 2.31. The Morgan fingerprint density at radius 1 is 1.37 bits per heavy atom. The molecule has 0 aromatic heterocycles. The maximum Gasteiger partial charge on any atom is 0.220 e. The monoisotopic (exact) mass is 261 g/mol. The lowest BCUT2D eigenvalue weighted by molar-refractivity contribution is -0.123. The van der Waals surface area contributed by atoms with E-state index in [4.69, 9.17) is 0 Å². The molecule has 1 aliphatic rings. The summed E-state index contributed by atoms with van der Waals surface area (Å²) in [5.74, 6) is 0.489. The van der Waals surface area contributed by atoms with Crippen LogP contribution in [0.1, 0.15) is 50.3 Å². The second-order valence-corrected chi connectivity index (χ2v) is 5.40. The maximum absolute atomic E-state index is 12.1. The first-order chi connectivity index (χ1) is 9.15. The molecule has 2 unspecified atom stereocenters. The molecule has 2 atom stereocenters. The Morgan fingerprint density at radius 3 is 2.74 bits per heavy atom. The van der Waals surface area contributed by atoms with E-state index >= 15 is 0 Å². The lowest BCUT2D eigenvalue weighted by Crippen LogP contribution is -2.34. The van der Waals surface area contributed by atoms with Crippen molar-refractivity contribution >= 4 is 5.91 Å². The fourth-order valence-electron chi connectivity index (χ4n) is 2.82. The molecule has 0 radical (unpaired) electrons. The number of fused-ring (bicyclic) bond motifs is 1. The number of carbonyl (C=O) groups excluding carboxylic acids is 1. The minimum Gasteiger partial charge on any atom is -0.390 e. The zero-order valence-electron chi connectivity index (χ0n) is 11.7. The zero-order chi connectivity index (χ0) is 13.8. The van der Waals surface area contributed by atoms with E-state index in [2.05, 4.69) is 19.2 Å². The molecule has 2 rings (SSSR count). The highest BCUT2D eigenvalue weighted by molar-refractivity contribution is 5.77. The van der Waals surface area contributed by atoms with Crippen LogP contribution >= 0.6 is 0 Å². The molecule has 1 amide bonds. The standard InChI is InChI=1S/C16H23NO2/c1-3-11(4-2)9-15(19)17-16-13-8-6-5-7-12(13)10-14(16)18/h5-8,11,14,16,18H,3-4,9-10H2,1-2H3,(H,17,19). The maximum atomic E-state index is 12.1. The predicted octanol–water partition coefficient (Wildman–Crippen LogP) is 2.59. The normalized spacial score (nSPS) is 21.5. The minimum atomic E-state index is -0.497. The summed E-state index contributed by atoms with van der Waals surface area (Å²) in [5, 5.41) is 13.1. The molecule has 19 heavy (non-hydrogen) atoms. The lowest BCUT2D eigenvalue weighted by Gasteiger charge is -2.20. The van der Waals surface area contributed by atoms with E-state index in [9.17, 15) is 9.90 Å². The van der Waals surface area contributed by atoms with Gasteiger partial charge in [-0.25, -0.2) is 0 Å². The summed E-state index contributed by atoms with van der Waals surface area (Å²) in [6, 6.07) is 7.70. The van der Waals surface area contributed by atoms with Gasteiger partial charge < -0.3 is 10.4 Å². The van der Waals surface area contributed by atoms with Crippen molar-refractivity contribution in [2.45, 2.75) is 51.7 Å². The first-order valence-electron chi connectivity index (χ1n) is 7.20. The Hall–Kier alpha value is -1.35. The van der Waals surface area contributed by atoms with Gasteiger partial charge in [0, 0.05) is 12.8 Å². The first kappa shape index (κ1) is 14.1. The number of hydrogen-bond donors (Lipinski definition) is 2. The average Bonchev–Trinajstić information content (AvgIpc) is 2.72. The third-order valence-corrected chi connectivity index (χ3v) is 4.15. The predicted molar refractivity (Wildman–Crippen MR) is 75.7 cm³/mol. The highest BCUT2D eigenvalue weighted by Crippen LogP contribution is 2.31. The molecular weight excluding hydrogens is 238 g/mol. The molecule has 0 saturated carbocycles. The zero-order valence-corrected chi connectivity index (χ0v) is 11.7. The summed E-state index contributed by atoms with van der Waals surface area (Å²) < 4.78 is 0. The van der Waals surface area contributed by atoms with Crippen molar-refractivity contribution in [3.05, 3.63) is 35.4 Å². The van der Waals surface area contributed by atoms with E-state index in [0.717, 1.165) is 24.0 Å². The van der Waals surface area contributed by atoms with Crippen molar-refractivity contribution in [1.29, 1.82) is 0 Å². The summed E-state index contributed by atoms with van der Waals surface area (Å²) in [5.41, 5.74) is 2.20. The van der Waals surface area contributed by atoms with Crippen LogP contribution in [-0.2, 0) is 11.2 Å². The molecule has 0 bridgehead atoms. The van der Waals surface area contributed by atoms with Gasteiger partial charge in [0.1, 0.15) is 0 Å². The van der Waals surface area contributed by atoms with Crippen molar-refractivity contribution in [2.75, 3.05) is 0 Å². The van der Waals surface area contributed by atoms with Gasteiger partial charge in [0.15, 0.2) is 0 Å². The molecule has 2 N–H and O–H groups in total. The van der Waals surface area contributed by atoms with Gasteiger partial charge in [0.2, 0.25) is 5.91 Å². The molecule has 0 fully saturated rings. The van der Waals surface area contributed by atoms with Crippen LogP contribution in [0.25, 0.3) is 0 Å².